The fourth-order valence-electron chi connectivity index (χ4n) is 2.39. The predicted octanol–water partition coefficient (Wildman–Crippen LogP) is 2.43. The van der Waals surface area contributed by atoms with E-state index in [1.807, 2.05) is 0 Å². The second kappa shape index (κ2) is 6.68. The van der Waals surface area contributed by atoms with Gasteiger partial charge in [0.15, 0.2) is 12.4 Å². The molecule has 130 valence electrons. The lowest BCUT2D eigenvalue weighted by atomic mass is 10.1. The van der Waals surface area contributed by atoms with Gasteiger partial charge in [-0.05, 0) is 12.1 Å². The van der Waals surface area contributed by atoms with Crippen molar-refractivity contribution in [3.63, 3.8) is 0 Å². The van der Waals surface area contributed by atoms with Gasteiger partial charge in [0.1, 0.15) is 17.3 Å². The van der Waals surface area contributed by atoms with Gasteiger partial charge in [-0.1, -0.05) is 0 Å². The zero-order chi connectivity index (χ0) is 18.0. The number of methoxy groups -OCH3 is 2. The zero-order valence-electron chi connectivity index (χ0n) is 13.5. The number of ether oxygens (including phenoxy) is 3. The first kappa shape index (κ1) is 16.6. The second-order valence-electron chi connectivity index (χ2n) is 5.22. The summed E-state index contributed by atoms with van der Waals surface area (Å²) in [4.78, 5) is 23.9. The number of carbonyl (C=O) groups is 2. The highest BCUT2D eigenvalue weighted by molar-refractivity contribution is 6.07. The van der Waals surface area contributed by atoms with Crippen molar-refractivity contribution in [1.82, 2.24) is 0 Å². The summed E-state index contributed by atoms with van der Waals surface area (Å²) in [6.07, 6.45) is 0. The molecule has 0 fully saturated rings. The fourth-order valence-corrected chi connectivity index (χ4v) is 2.39. The summed E-state index contributed by atoms with van der Waals surface area (Å²) < 4.78 is 29.3. The predicted molar refractivity (Wildman–Crippen MR) is 88.0 cm³/mol. The van der Waals surface area contributed by atoms with Crippen molar-refractivity contribution in [2.75, 3.05) is 31.5 Å². The van der Waals surface area contributed by atoms with Gasteiger partial charge in [-0.2, -0.15) is 0 Å². The molecule has 1 heterocycles. The van der Waals surface area contributed by atoms with E-state index in [1.165, 1.54) is 26.4 Å². The molecular weight excluding hydrogens is 331 g/mol. The summed E-state index contributed by atoms with van der Waals surface area (Å²) in [6.45, 7) is -0.214. The van der Waals surface area contributed by atoms with Crippen molar-refractivity contribution in [2.45, 2.75) is 0 Å². The van der Waals surface area contributed by atoms with E-state index in [4.69, 9.17) is 14.2 Å². The third-order valence-corrected chi connectivity index (χ3v) is 3.54. The van der Waals surface area contributed by atoms with Crippen LogP contribution in [0.15, 0.2) is 30.3 Å². The van der Waals surface area contributed by atoms with Crippen LogP contribution in [-0.4, -0.2) is 32.6 Å². The number of amides is 2. The molecule has 2 N–H and O–H groups in total. The number of fused-ring (bicyclic) bond motifs is 1. The Morgan fingerprint density at radius 1 is 1.16 bits per heavy atom. The number of benzene rings is 2. The van der Waals surface area contributed by atoms with Crippen LogP contribution in [-0.2, 0) is 4.79 Å². The Hall–Kier alpha value is -3.29. The highest BCUT2D eigenvalue weighted by Gasteiger charge is 2.22. The van der Waals surface area contributed by atoms with Crippen molar-refractivity contribution in [2.24, 2.45) is 0 Å². The van der Waals surface area contributed by atoms with Gasteiger partial charge in [-0.25, -0.2) is 4.39 Å². The quantitative estimate of drug-likeness (QED) is 0.888. The van der Waals surface area contributed by atoms with Crippen LogP contribution in [0.1, 0.15) is 10.4 Å². The molecule has 1 aliphatic rings. The summed E-state index contributed by atoms with van der Waals surface area (Å²) in [7, 11) is 2.94. The Balaban J connectivity index is 1.93. The van der Waals surface area contributed by atoms with E-state index >= 15 is 0 Å². The molecule has 0 saturated carbocycles. The molecule has 2 amide bonds. The van der Waals surface area contributed by atoms with Crippen LogP contribution in [0.2, 0.25) is 0 Å². The van der Waals surface area contributed by atoms with Crippen LogP contribution < -0.4 is 24.8 Å². The molecule has 0 saturated heterocycles. The largest absolute Gasteiger partial charge is 0.497 e. The van der Waals surface area contributed by atoms with Crippen LogP contribution in [0.3, 0.4) is 0 Å². The molecule has 7 nitrogen and oxygen atoms in total. The molecule has 0 bridgehead atoms. The zero-order valence-corrected chi connectivity index (χ0v) is 13.5. The minimum absolute atomic E-state index is 0.113. The van der Waals surface area contributed by atoms with Gasteiger partial charge in [0, 0.05) is 23.8 Å². The first-order valence-electron chi connectivity index (χ1n) is 7.31. The van der Waals surface area contributed by atoms with Crippen LogP contribution in [0.5, 0.6) is 17.2 Å². The lowest BCUT2D eigenvalue weighted by Gasteiger charge is -2.21. The van der Waals surface area contributed by atoms with Crippen molar-refractivity contribution < 1.29 is 28.2 Å². The monoisotopic (exact) mass is 346 g/mol. The minimum Gasteiger partial charge on any atom is -0.497 e. The Kier molecular flexibility index (Phi) is 4.42. The van der Waals surface area contributed by atoms with E-state index in [2.05, 4.69) is 10.6 Å². The number of anilines is 2. The Morgan fingerprint density at radius 3 is 2.48 bits per heavy atom. The topological polar surface area (TPSA) is 85.9 Å². The van der Waals surface area contributed by atoms with E-state index < -0.39 is 17.6 Å². The number of halogens is 1. The fraction of sp³-hybridized carbons (Fsp3) is 0.176. The summed E-state index contributed by atoms with van der Waals surface area (Å²) in [6, 6.07) is 6.90. The highest BCUT2D eigenvalue weighted by Crippen LogP contribution is 2.37. The number of rotatable bonds is 4. The molecule has 25 heavy (non-hydrogen) atoms. The summed E-state index contributed by atoms with van der Waals surface area (Å²) in [5.41, 5.74) is 0.533. The molecule has 1 aliphatic heterocycles. The first-order chi connectivity index (χ1) is 12.0. The summed E-state index contributed by atoms with van der Waals surface area (Å²) in [5, 5.41) is 5.07. The van der Waals surface area contributed by atoms with Gasteiger partial charge >= 0.3 is 0 Å². The van der Waals surface area contributed by atoms with Gasteiger partial charge < -0.3 is 24.8 Å². The maximum atomic E-state index is 13.8. The Labute approximate surface area is 142 Å². The van der Waals surface area contributed by atoms with E-state index in [-0.39, 0.29) is 29.3 Å². The Bertz CT molecular complexity index is 831. The molecule has 0 aromatic heterocycles. The van der Waals surface area contributed by atoms with E-state index in [0.717, 1.165) is 12.1 Å². The molecule has 3 rings (SSSR count). The maximum Gasteiger partial charge on any atom is 0.262 e. The van der Waals surface area contributed by atoms with Crippen molar-refractivity contribution >= 4 is 23.2 Å². The van der Waals surface area contributed by atoms with Crippen molar-refractivity contribution in [3.05, 3.63) is 41.7 Å². The van der Waals surface area contributed by atoms with E-state index in [0.29, 0.717) is 11.5 Å². The molecule has 0 unspecified atom stereocenters. The van der Waals surface area contributed by atoms with Gasteiger partial charge in [0.25, 0.3) is 11.8 Å². The molecule has 0 aliphatic carbocycles. The Morgan fingerprint density at radius 2 is 1.84 bits per heavy atom. The summed E-state index contributed by atoms with van der Waals surface area (Å²) in [5.74, 6) is -0.450. The van der Waals surface area contributed by atoms with Gasteiger partial charge in [-0.3, -0.25) is 9.59 Å². The molecule has 0 radical (unpaired) electrons. The molecule has 2 aromatic rings. The number of nitrogens with one attached hydrogen (secondary N) is 2. The number of hydrogen-bond acceptors (Lipinski definition) is 5. The molecule has 8 heteroatoms. The lowest BCUT2D eigenvalue weighted by Crippen LogP contribution is -2.26. The van der Waals surface area contributed by atoms with Crippen molar-refractivity contribution in [3.8, 4) is 17.2 Å². The smallest absolute Gasteiger partial charge is 0.262 e. The van der Waals surface area contributed by atoms with Gasteiger partial charge in [-0.15, -0.1) is 0 Å². The molecular formula is C17H15FN2O5. The minimum atomic E-state index is -0.622. The number of carbonyl (C=O) groups excluding carboxylic acids is 2. The SMILES string of the molecule is COc1cc(OC)cc(C(=O)Nc2cc(F)cc3c2OCC(=O)N3)c1. The first-order valence-corrected chi connectivity index (χ1v) is 7.31. The maximum absolute atomic E-state index is 13.8. The van der Waals surface area contributed by atoms with Crippen LogP contribution in [0.25, 0.3) is 0 Å². The third kappa shape index (κ3) is 3.47. The average Bonchev–Trinajstić information content (AvgIpc) is 2.60. The van der Waals surface area contributed by atoms with Gasteiger partial charge in [0.2, 0.25) is 0 Å². The van der Waals surface area contributed by atoms with E-state index in [9.17, 15) is 14.0 Å². The van der Waals surface area contributed by atoms with E-state index in [1.54, 1.807) is 6.07 Å². The average molecular weight is 346 g/mol. The number of hydrogen-bond donors (Lipinski definition) is 2. The standard InChI is InChI=1S/C17H15FN2O5/c1-23-11-3-9(4-12(7-11)24-2)17(22)20-14-6-10(18)5-13-16(14)25-8-15(21)19-13/h3-7H,8H2,1-2H3,(H,19,21)(H,20,22). The van der Waals surface area contributed by atoms with Crippen molar-refractivity contribution in [1.29, 1.82) is 0 Å². The lowest BCUT2D eigenvalue weighted by molar-refractivity contribution is -0.118. The van der Waals surface area contributed by atoms with Crippen LogP contribution >= 0.6 is 0 Å². The van der Waals surface area contributed by atoms with Crippen LogP contribution in [0.4, 0.5) is 15.8 Å². The highest BCUT2D eigenvalue weighted by atomic mass is 19.1. The van der Waals surface area contributed by atoms with Crippen LogP contribution in [0, 0.1) is 5.82 Å². The summed E-state index contributed by atoms with van der Waals surface area (Å²) >= 11 is 0. The van der Waals surface area contributed by atoms with Gasteiger partial charge in [0.05, 0.1) is 25.6 Å². The molecule has 0 spiro atoms. The normalized spacial score (nSPS) is 12.5. The molecule has 0 atom stereocenters. The molecule has 2 aromatic carbocycles. The third-order valence-electron chi connectivity index (χ3n) is 3.54. The second-order valence-corrected chi connectivity index (χ2v) is 5.22.